The number of aromatic nitrogens is 2. The molecule has 0 spiro atoms. The average molecular weight is 292 g/mol. The van der Waals surface area contributed by atoms with Crippen molar-refractivity contribution in [1.29, 1.82) is 0 Å². The van der Waals surface area contributed by atoms with Crippen LogP contribution < -0.4 is 5.32 Å². The molecule has 1 aromatic carbocycles. The maximum absolute atomic E-state index is 6.34. The summed E-state index contributed by atoms with van der Waals surface area (Å²) < 4.78 is 2.00. The molecule has 1 heterocycles. The van der Waals surface area contributed by atoms with E-state index in [1.807, 2.05) is 11.7 Å². The molecule has 0 saturated carbocycles. The average Bonchev–Trinajstić information content (AvgIpc) is 2.78. The number of nitrogens with one attached hydrogen (secondary N) is 1. The number of likely N-dealkylation sites (N-methyl/N-ethyl adjacent to an activating group) is 1. The Morgan fingerprint density at radius 2 is 2.10 bits per heavy atom. The summed E-state index contributed by atoms with van der Waals surface area (Å²) in [5.41, 5.74) is 3.64. The highest BCUT2D eigenvalue weighted by atomic mass is 35.5. The predicted octanol–water partition coefficient (Wildman–Crippen LogP) is 3.93. The van der Waals surface area contributed by atoms with Gasteiger partial charge in [0.25, 0.3) is 0 Å². The van der Waals surface area contributed by atoms with Crippen molar-refractivity contribution in [1.82, 2.24) is 15.1 Å². The molecule has 2 rings (SSSR count). The van der Waals surface area contributed by atoms with Gasteiger partial charge in [0.15, 0.2) is 0 Å². The number of halogens is 1. The molecular weight excluding hydrogens is 270 g/mol. The van der Waals surface area contributed by atoms with Crippen LogP contribution in [0, 0.1) is 6.92 Å². The van der Waals surface area contributed by atoms with E-state index < -0.39 is 0 Å². The highest BCUT2D eigenvalue weighted by Gasteiger charge is 2.20. The second-order valence-corrected chi connectivity index (χ2v) is 5.86. The minimum atomic E-state index is 0.161. The fourth-order valence-corrected chi connectivity index (χ4v) is 2.76. The lowest BCUT2D eigenvalue weighted by Crippen LogP contribution is -2.23. The molecule has 0 amide bonds. The standard InChI is InChI=1S/C16H22ClN3/c1-11(2)20-16(14(17)10-19-20)15(18-4)9-13-7-5-6-12(3)8-13/h5-8,10-11,15,18H,9H2,1-4H3. The minimum Gasteiger partial charge on any atom is -0.311 e. The first kappa shape index (κ1) is 15.1. The van der Waals surface area contributed by atoms with Crippen molar-refractivity contribution in [2.24, 2.45) is 0 Å². The molecule has 0 aliphatic heterocycles. The highest BCUT2D eigenvalue weighted by molar-refractivity contribution is 6.31. The Morgan fingerprint density at radius 3 is 2.70 bits per heavy atom. The van der Waals surface area contributed by atoms with Crippen LogP contribution in [0.3, 0.4) is 0 Å². The summed E-state index contributed by atoms with van der Waals surface area (Å²) in [6, 6.07) is 9.04. The predicted molar refractivity (Wildman–Crippen MR) is 84.3 cm³/mol. The number of hydrogen-bond acceptors (Lipinski definition) is 2. The Hall–Kier alpha value is -1.32. The molecule has 2 aromatic rings. The van der Waals surface area contributed by atoms with Gasteiger partial charge in [-0.3, -0.25) is 4.68 Å². The van der Waals surface area contributed by atoms with Crippen molar-refractivity contribution in [2.45, 2.75) is 39.3 Å². The Kier molecular flexibility index (Phi) is 4.84. The van der Waals surface area contributed by atoms with E-state index in [4.69, 9.17) is 11.6 Å². The SMILES string of the molecule is CNC(Cc1cccc(C)c1)c1c(Cl)cnn1C(C)C. The summed E-state index contributed by atoms with van der Waals surface area (Å²) in [6.07, 6.45) is 2.63. The quantitative estimate of drug-likeness (QED) is 0.904. The topological polar surface area (TPSA) is 29.9 Å². The van der Waals surface area contributed by atoms with E-state index >= 15 is 0 Å². The fraction of sp³-hybridized carbons (Fsp3) is 0.438. The van der Waals surface area contributed by atoms with Gasteiger partial charge in [-0.15, -0.1) is 0 Å². The molecular formula is C16H22ClN3. The first-order valence-corrected chi connectivity index (χ1v) is 7.36. The van der Waals surface area contributed by atoms with Crippen LogP contribution in [0.1, 0.15) is 42.8 Å². The molecule has 1 unspecified atom stereocenters. The van der Waals surface area contributed by atoms with Gasteiger partial charge in [-0.05, 0) is 39.8 Å². The van der Waals surface area contributed by atoms with E-state index in [2.05, 4.69) is 55.5 Å². The Labute approximate surface area is 126 Å². The van der Waals surface area contributed by atoms with Gasteiger partial charge in [0.05, 0.1) is 23.0 Å². The highest BCUT2D eigenvalue weighted by Crippen LogP contribution is 2.27. The molecule has 0 bridgehead atoms. The van der Waals surface area contributed by atoms with Crippen molar-refractivity contribution in [3.63, 3.8) is 0 Å². The minimum absolute atomic E-state index is 0.161. The smallest absolute Gasteiger partial charge is 0.0834 e. The van der Waals surface area contributed by atoms with Gasteiger partial charge in [-0.2, -0.15) is 5.10 Å². The first-order chi connectivity index (χ1) is 9.52. The van der Waals surface area contributed by atoms with E-state index in [0.29, 0.717) is 6.04 Å². The molecule has 0 fully saturated rings. The zero-order valence-electron chi connectivity index (χ0n) is 12.5. The van der Waals surface area contributed by atoms with Crippen LogP contribution in [0.2, 0.25) is 5.02 Å². The van der Waals surface area contributed by atoms with Gasteiger partial charge in [0, 0.05) is 6.04 Å². The van der Waals surface area contributed by atoms with E-state index in [1.54, 1.807) is 6.20 Å². The lowest BCUT2D eigenvalue weighted by molar-refractivity contribution is 0.460. The summed E-state index contributed by atoms with van der Waals surface area (Å²) in [7, 11) is 1.97. The molecule has 1 atom stereocenters. The molecule has 1 aromatic heterocycles. The molecule has 3 nitrogen and oxygen atoms in total. The third-order valence-corrected chi connectivity index (χ3v) is 3.77. The number of nitrogens with zero attached hydrogens (tertiary/aromatic N) is 2. The zero-order valence-corrected chi connectivity index (χ0v) is 13.3. The van der Waals surface area contributed by atoms with Crippen molar-refractivity contribution >= 4 is 11.6 Å². The van der Waals surface area contributed by atoms with E-state index in [1.165, 1.54) is 11.1 Å². The molecule has 4 heteroatoms. The van der Waals surface area contributed by atoms with Crippen LogP contribution in [0.15, 0.2) is 30.5 Å². The van der Waals surface area contributed by atoms with Crippen LogP contribution in [0.25, 0.3) is 0 Å². The number of hydrogen-bond donors (Lipinski definition) is 1. The Bertz CT molecular complexity index is 575. The van der Waals surface area contributed by atoms with Crippen LogP contribution >= 0.6 is 11.6 Å². The second-order valence-electron chi connectivity index (χ2n) is 5.45. The van der Waals surface area contributed by atoms with Gasteiger partial charge >= 0.3 is 0 Å². The number of rotatable bonds is 5. The Balaban J connectivity index is 2.31. The van der Waals surface area contributed by atoms with Gasteiger partial charge in [-0.25, -0.2) is 0 Å². The maximum atomic E-state index is 6.34. The summed E-state index contributed by atoms with van der Waals surface area (Å²) in [4.78, 5) is 0. The molecule has 0 radical (unpaired) electrons. The van der Waals surface area contributed by atoms with Crippen molar-refractivity contribution in [2.75, 3.05) is 7.05 Å². The van der Waals surface area contributed by atoms with E-state index in [9.17, 15) is 0 Å². The largest absolute Gasteiger partial charge is 0.311 e. The zero-order chi connectivity index (χ0) is 14.7. The molecule has 0 aliphatic rings. The third kappa shape index (κ3) is 3.22. The monoisotopic (exact) mass is 291 g/mol. The second kappa shape index (κ2) is 6.42. The molecule has 108 valence electrons. The first-order valence-electron chi connectivity index (χ1n) is 6.98. The number of benzene rings is 1. The molecule has 20 heavy (non-hydrogen) atoms. The lowest BCUT2D eigenvalue weighted by Gasteiger charge is -2.21. The number of aryl methyl sites for hydroxylation is 1. The lowest BCUT2D eigenvalue weighted by atomic mass is 10.0. The van der Waals surface area contributed by atoms with Gasteiger partial charge < -0.3 is 5.32 Å². The van der Waals surface area contributed by atoms with Gasteiger partial charge in [-0.1, -0.05) is 41.4 Å². The van der Waals surface area contributed by atoms with E-state index in [0.717, 1.165) is 17.1 Å². The molecule has 0 aliphatic carbocycles. The summed E-state index contributed by atoms with van der Waals surface area (Å²) in [5.74, 6) is 0. The summed E-state index contributed by atoms with van der Waals surface area (Å²) in [6.45, 7) is 6.35. The van der Waals surface area contributed by atoms with Crippen LogP contribution in [-0.4, -0.2) is 16.8 Å². The van der Waals surface area contributed by atoms with Crippen molar-refractivity contribution < 1.29 is 0 Å². The molecule has 0 saturated heterocycles. The summed E-state index contributed by atoms with van der Waals surface area (Å²) >= 11 is 6.34. The van der Waals surface area contributed by atoms with Crippen molar-refractivity contribution in [3.05, 3.63) is 52.3 Å². The van der Waals surface area contributed by atoms with Gasteiger partial charge in [0.1, 0.15) is 0 Å². The van der Waals surface area contributed by atoms with Crippen molar-refractivity contribution in [3.8, 4) is 0 Å². The van der Waals surface area contributed by atoms with Crippen LogP contribution in [0.4, 0.5) is 0 Å². The Morgan fingerprint density at radius 1 is 1.35 bits per heavy atom. The normalized spacial score (nSPS) is 12.9. The van der Waals surface area contributed by atoms with Gasteiger partial charge in [0.2, 0.25) is 0 Å². The van der Waals surface area contributed by atoms with E-state index in [-0.39, 0.29) is 6.04 Å². The van der Waals surface area contributed by atoms with Crippen LogP contribution in [0.5, 0.6) is 0 Å². The summed E-state index contributed by atoms with van der Waals surface area (Å²) in [5, 5.41) is 8.48. The molecule has 1 N–H and O–H groups in total. The van der Waals surface area contributed by atoms with Crippen LogP contribution in [-0.2, 0) is 6.42 Å². The maximum Gasteiger partial charge on any atom is 0.0834 e. The fourth-order valence-electron chi connectivity index (χ4n) is 2.50. The third-order valence-electron chi connectivity index (χ3n) is 3.48.